The van der Waals surface area contributed by atoms with Crippen molar-refractivity contribution >= 4 is 17.9 Å². The van der Waals surface area contributed by atoms with E-state index in [9.17, 15) is 14.4 Å². The fraction of sp³-hybridized carbons (Fsp3) is 0.803. The van der Waals surface area contributed by atoms with E-state index >= 15 is 0 Å². The van der Waals surface area contributed by atoms with Crippen molar-refractivity contribution in [3.05, 3.63) is 72.9 Å². The Hall–Kier alpha value is -3.15. The molecule has 82 heavy (non-hydrogen) atoms. The molecule has 0 aliphatic carbocycles. The molecule has 0 spiro atoms. The van der Waals surface area contributed by atoms with Crippen molar-refractivity contribution < 1.29 is 28.6 Å². The molecule has 0 amide bonds. The summed E-state index contributed by atoms with van der Waals surface area (Å²) in [6, 6.07) is 0. The Morgan fingerprint density at radius 2 is 0.476 bits per heavy atom. The van der Waals surface area contributed by atoms with Crippen LogP contribution >= 0.6 is 0 Å². The Morgan fingerprint density at radius 1 is 0.256 bits per heavy atom. The smallest absolute Gasteiger partial charge is 0.306 e. The molecule has 0 aromatic heterocycles. The topological polar surface area (TPSA) is 78.9 Å². The number of allylic oxidation sites excluding steroid dienone is 12. The van der Waals surface area contributed by atoms with Crippen LogP contribution in [0.1, 0.15) is 374 Å². The number of carbonyl (C=O) groups excluding carboxylic acids is 3. The highest BCUT2D eigenvalue weighted by Crippen LogP contribution is 2.18. The fourth-order valence-corrected chi connectivity index (χ4v) is 10.6. The molecule has 0 heterocycles. The van der Waals surface area contributed by atoms with E-state index in [1.54, 1.807) is 0 Å². The first kappa shape index (κ1) is 78.8. The summed E-state index contributed by atoms with van der Waals surface area (Å²) in [4.78, 5) is 38.5. The standard InChI is InChI=1S/C76H136O6/c1-4-7-10-13-16-19-22-25-28-31-33-35-36-37-38-39-40-42-43-45-48-51-54-57-60-63-66-69-75(78)81-72-73(71-80-74(77)68-65-62-59-56-53-50-47-30-27-24-21-18-15-12-9-6-3)82-76(79)70-67-64-61-58-55-52-49-46-44-41-34-32-29-26-23-20-17-14-11-8-5-2/h8,11,17,20,26,29,31,33-34,41,46,49,73H,4-7,9-10,12-16,18-19,21-25,27-28,30,32,35-40,42-45,47-48,50-72H2,1-3H3/b11-8-,20-17-,29-26-,33-31-,41-34-,49-46-. The third kappa shape index (κ3) is 67.6. The molecule has 6 heteroatoms. The molecular weight excluding hydrogens is 1010 g/mol. The summed E-state index contributed by atoms with van der Waals surface area (Å²) in [6.07, 6.45) is 92.2. The normalized spacial score (nSPS) is 12.5. The molecule has 0 aromatic carbocycles. The maximum atomic E-state index is 13.0. The average Bonchev–Trinajstić information content (AvgIpc) is 3.48. The van der Waals surface area contributed by atoms with Gasteiger partial charge in [0.05, 0.1) is 0 Å². The second-order valence-electron chi connectivity index (χ2n) is 24.1. The van der Waals surface area contributed by atoms with Crippen LogP contribution in [-0.2, 0) is 28.6 Å². The zero-order chi connectivity index (χ0) is 59.2. The van der Waals surface area contributed by atoms with E-state index in [1.807, 2.05) is 0 Å². The summed E-state index contributed by atoms with van der Waals surface area (Å²) in [6.45, 7) is 6.57. The van der Waals surface area contributed by atoms with Crippen molar-refractivity contribution in [2.24, 2.45) is 0 Å². The van der Waals surface area contributed by atoms with Crippen LogP contribution in [0.5, 0.6) is 0 Å². The van der Waals surface area contributed by atoms with E-state index < -0.39 is 6.10 Å². The maximum Gasteiger partial charge on any atom is 0.306 e. The lowest BCUT2D eigenvalue weighted by atomic mass is 10.0. The molecule has 0 rings (SSSR count). The number of unbranched alkanes of at least 4 members (excludes halogenated alkanes) is 43. The van der Waals surface area contributed by atoms with Gasteiger partial charge in [-0.15, -0.1) is 0 Å². The molecule has 0 aliphatic rings. The Kier molecular flexibility index (Phi) is 67.6. The van der Waals surface area contributed by atoms with Crippen LogP contribution in [0.3, 0.4) is 0 Å². The van der Waals surface area contributed by atoms with Crippen molar-refractivity contribution in [1.29, 1.82) is 0 Å². The summed E-state index contributed by atoms with van der Waals surface area (Å²) in [7, 11) is 0. The van der Waals surface area contributed by atoms with E-state index in [-0.39, 0.29) is 31.1 Å². The predicted molar refractivity (Wildman–Crippen MR) is 358 cm³/mol. The molecule has 0 aliphatic heterocycles. The SMILES string of the molecule is CC/C=C\C/C=C\C/C=C\C/C=C\C/C=C\CCCCCCCC(=O)OC(COC(=O)CCCCCCCCCCCCCCCCCC)COC(=O)CCCCCCCCCCCCCCCCC/C=C\CCCCCCCCCC. The lowest BCUT2D eigenvalue weighted by molar-refractivity contribution is -0.167. The molecule has 0 aromatic rings. The zero-order valence-corrected chi connectivity index (χ0v) is 54.8. The van der Waals surface area contributed by atoms with Crippen LogP contribution in [0, 0.1) is 0 Å². The van der Waals surface area contributed by atoms with Gasteiger partial charge in [0.25, 0.3) is 0 Å². The van der Waals surface area contributed by atoms with Crippen molar-refractivity contribution in [3.8, 4) is 0 Å². The quantitative estimate of drug-likeness (QED) is 0.0261. The summed E-state index contributed by atoms with van der Waals surface area (Å²) in [5.74, 6) is -0.874. The van der Waals surface area contributed by atoms with Gasteiger partial charge in [-0.25, -0.2) is 0 Å². The van der Waals surface area contributed by atoms with Crippen LogP contribution in [0.15, 0.2) is 72.9 Å². The highest BCUT2D eigenvalue weighted by atomic mass is 16.6. The molecule has 476 valence electrons. The third-order valence-corrected chi connectivity index (χ3v) is 15.9. The molecule has 1 unspecified atom stereocenters. The zero-order valence-electron chi connectivity index (χ0n) is 54.8. The van der Waals surface area contributed by atoms with E-state index in [0.717, 1.165) is 109 Å². The Morgan fingerprint density at radius 3 is 0.756 bits per heavy atom. The second-order valence-corrected chi connectivity index (χ2v) is 24.1. The van der Waals surface area contributed by atoms with Crippen molar-refractivity contribution in [2.75, 3.05) is 13.2 Å². The number of hydrogen-bond acceptors (Lipinski definition) is 6. The van der Waals surface area contributed by atoms with Gasteiger partial charge < -0.3 is 14.2 Å². The van der Waals surface area contributed by atoms with Crippen molar-refractivity contribution in [3.63, 3.8) is 0 Å². The van der Waals surface area contributed by atoms with Crippen molar-refractivity contribution in [2.45, 2.75) is 380 Å². The highest BCUT2D eigenvalue weighted by molar-refractivity contribution is 5.71. The van der Waals surface area contributed by atoms with E-state index in [1.165, 1.54) is 225 Å². The minimum Gasteiger partial charge on any atom is -0.462 e. The van der Waals surface area contributed by atoms with Gasteiger partial charge in [0, 0.05) is 19.3 Å². The molecule has 1 atom stereocenters. The number of esters is 3. The lowest BCUT2D eigenvalue weighted by Crippen LogP contribution is -2.30. The van der Waals surface area contributed by atoms with Gasteiger partial charge in [0.1, 0.15) is 13.2 Å². The van der Waals surface area contributed by atoms with E-state index in [4.69, 9.17) is 14.2 Å². The Balaban J connectivity index is 4.31. The van der Waals surface area contributed by atoms with Gasteiger partial charge >= 0.3 is 17.9 Å². The molecule has 0 radical (unpaired) electrons. The van der Waals surface area contributed by atoms with Gasteiger partial charge in [-0.3, -0.25) is 14.4 Å². The third-order valence-electron chi connectivity index (χ3n) is 15.9. The van der Waals surface area contributed by atoms with Gasteiger partial charge in [-0.2, -0.15) is 0 Å². The Bertz CT molecular complexity index is 1500. The molecule has 0 saturated heterocycles. The first-order chi connectivity index (χ1) is 40.5. The first-order valence-electron chi connectivity index (χ1n) is 35.9. The van der Waals surface area contributed by atoms with Gasteiger partial charge in [-0.05, 0) is 89.9 Å². The number of hydrogen-bond donors (Lipinski definition) is 0. The minimum absolute atomic E-state index is 0.0791. The van der Waals surface area contributed by atoms with Crippen LogP contribution in [0.2, 0.25) is 0 Å². The number of carbonyl (C=O) groups is 3. The van der Waals surface area contributed by atoms with E-state index in [0.29, 0.717) is 19.3 Å². The average molecular weight is 1150 g/mol. The number of ether oxygens (including phenoxy) is 3. The van der Waals surface area contributed by atoms with Crippen molar-refractivity contribution in [1.82, 2.24) is 0 Å². The van der Waals surface area contributed by atoms with Gasteiger partial charge in [0.15, 0.2) is 6.10 Å². The summed E-state index contributed by atoms with van der Waals surface area (Å²) in [5, 5.41) is 0. The van der Waals surface area contributed by atoms with E-state index in [2.05, 4.69) is 93.7 Å². The second kappa shape index (κ2) is 70.3. The lowest BCUT2D eigenvalue weighted by Gasteiger charge is -2.18. The van der Waals surface area contributed by atoms with Crippen LogP contribution in [-0.4, -0.2) is 37.2 Å². The molecule has 0 bridgehead atoms. The summed E-state index contributed by atoms with van der Waals surface area (Å²) in [5.41, 5.74) is 0. The van der Waals surface area contributed by atoms with Crippen LogP contribution in [0.4, 0.5) is 0 Å². The molecule has 0 saturated carbocycles. The van der Waals surface area contributed by atoms with Gasteiger partial charge in [-0.1, -0.05) is 338 Å². The summed E-state index contributed by atoms with van der Waals surface area (Å²) >= 11 is 0. The monoisotopic (exact) mass is 1150 g/mol. The molecular formula is C76H136O6. The summed E-state index contributed by atoms with van der Waals surface area (Å²) < 4.78 is 17.0. The Labute approximate surface area is 510 Å². The first-order valence-corrected chi connectivity index (χ1v) is 35.9. The predicted octanol–water partition coefficient (Wildman–Crippen LogP) is 24.8. The number of rotatable bonds is 66. The largest absolute Gasteiger partial charge is 0.462 e. The fourth-order valence-electron chi connectivity index (χ4n) is 10.6. The molecule has 6 nitrogen and oxygen atoms in total. The van der Waals surface area contributed by atoms with Gasteiger partial charge in [0.2, 0.25) is 0 Å². The van der Waals surface area contributed by atoms with Crippen LogP contribution in [0.25, 0.3) is 0 Å². The molecule has 0 fully saturated rings. The molecule has 0 N–H and O–H groups in total. The maximum absolute atomic E-state index is 13.0. The van der Waals surface area contributed by atoms with Crippen LogP contribution < -0.4 is 0 Å². The minimum atomic E-state index is -0.786. The highest BCUT2D eigenvalue weighted by Gasteiger charge is 2.19.